The number of benzene rings is 2. The van der Waals surface area contributed by atoms with Crippen LogP contribution in [-0.2, 0) is 16.0 Å². The first-order valence-corrected chi connectivity index (χ1v) is 8.20. The summed E-state index contributed by atoms with van der Waals surface area (Å²) in [6.07, 6.45) is 0.358. The number of carbonyl (C=O) groups excluding carboxylic acids is 1. The normalized spacial score (nSPS) is 18.0. The molecule has 4 heteroatoms. The van der Waals surface area contributed by atoms with E-state index < -0.39 is 0 Å². The van der Waals surface area contributed by atoms with Crippen molar-refractivity contribution in [3.63, 3.8) is 0 Å². The molecule has 120 valence electrons. The molecule has 2 aromatic carbocycles. The predicted molar refractivity (Wildman–Crippen MR) is 91.6 cm³/mol. The van der Waals surface area contributed by atoms with Gasteiger partial charge < -0.3 is 9.64 Å². The number of nitrogens with zero attached hydrogens (tertiary/aromatic N) is 1. The molecule has 1 unspecified atom stereocenters. The number of ether oxygens (including phenoxy) is 1. The minimum Gasteiger partial charge on any atom is -0.370 e. The molecule has 23 heavy (non-hydrogen) atoms. The summed E-state index contributed by atoms with van der Waals surface area (Å²) in [5.74, 6) is 0.134. The van der Waals surface area contributed by atoms with Crippen LogP contribution >= 0.6 is 11.6 Å². The van der Waals surface area contributed by atoms with E-state index in [0.717, 1.165) is 11.1 Å². The summed E-state index contributed by atoms with van der Waals surface area (Å²) in [6, 6.07) is 15.6. The van der Waals surface area contributed by atoms with Gasteiger partial charge in [-0.05, 0) is 35.7 Å². The van der Waals surface area contributed by atoms with Gasteiger partial charge in [-0.15, -0.1) is 0 Å². The second kappa shape index (κ2) is 7.16. The molecule has 1 heterocycles. The summed E-state index contributed by atoms with van der Waals surface area (Å²) in [5, 5.41) is 0.687. The van der Waals surface area contributed by atoms with Gasteiger partial charge in [-0.25, -0.2) is 0 Å². The Kier molecular flexibility index (Phi) is 4.99. The summed E-state index contributed by atoms with van der Waals surface area (Å²) in [7, 11) is 0. The Balaban J connectivity index is 1.67. The van der Waals surface area contributed by atoms with Gasteiger partial charge in [-0.1, -0.05) is 48.0 Å². The molecule has 1 atom stereocenters. The average molecular weight is 330 g/mol. The quantitative estimate of drug-likeness (QED) is 0.857. The minimum atomic E-state index is -0.0425. The van der Waals surface area contributed by atoms with Crippen molar-refractivity contribution in [3.05, 3.63) is 70.2 Å². The smallest absolute Gasteiger partial charge is 0.227 e. The van der Waals surface area contributed by atoms with Crippen molar-refractivity contribution in [1.82, 2.24) is 4.90 Å². The second-order valence-corrected chi connectivity index (χ2v) is 6.30. The van der Waals surface area contributed by atoms with Crippen molar-refractivity contribution in [1.29, 1.82) is 0 Å². The zero-order valence-corrected chi connectivity index (χ0v) is 13.9. The van der Waals surface area contributed by atoms with E-state index >= 15 is 0 Å². The Morgan fingerprint density at radius 1 is 1.22 bits per heavy atom. The number of aryl methyl sites for hydroxylation is 1. The second-order valence-electron chi connectivity index (χ2n) is 5.86. The van der Waals surface area contributed by atoms with Gasteiger partial charge in [0.15, 0.2) is 0 Å². The van der Waals surface area contributed by atoms with Crippen LogP contribution in [0.15, 0.2) is 48.5 Å². The maximum atomic E-state index is 12.6. The third-order valence-electron chi connectivity index (χ3n) is 4.22. The first kappa shape index (κ1) is 16.0. The Morgan fingerprint density at radius 2 is 1.96 bits per heavy atom. The SMILES string of the molecule is Cc1ccccc1C1CN(C(=O)Cc2ccc(Cl)cc2)CCO1. The van der Waals surface area contributed by atoms with Crippen LogP contribution < -0.4 is 0 Å². The molecule has 0 radical (unpaired) electrons. The third kappa shape index (κ3) is 3.92. The van der Waals surface area contributed by atoms with E-state index in [1.807, 2.05) is 41.3 Å². The molecule has 3 rings (SSSR count). The van der Waals surface area contributed by atoms with Crippen molar-refractivity contribution >= 4 is 17.5 Å². The highest BCUT2D eigenvalue weighted by molar-refractivity contribution is 6.30. The highest BCUT2D eigenvalue weighted by Gasteiger charge is 2.26. The van der Waals surface area contributed by atoms with Gasteiger partial charge >= 0.3 is 0 Å². The van der Waals surface area contributed by atoms with Gasteiger partial charge in [-0.2, -0.15) is 0 Å². The lowest BCUT2D eigenvalue weighted by Crippen LogP contribution is -2.43. The molecule has 1 fully saturated rings. The highest BCUT2D eigenvalue weighted by atomic mass is 35.5. The lowest BCUT2D eigenvalue weighted by molar-refractivity contribution is -0.138. The summed E-state index contributed by atoms with van der Waals surface area (Å²) in [6.45, 7) is 3.91. The van der Waals surface area contributed by atoms with Crippen molar-refractivity contribution in [3.8, 4) is 0 Å². The molecule has 0 bridgehead atoms. The monoisotopic (exact) mass is 329 g/mol. The van der Waals surface area contributed by atoms with Gasteiger partial charge in [0, 0.05) is 11.6 Å². The minimum absolute atomic E-state index is 0.0425. The molecular weight excluding hydrogens is 310 g/mol. The Morgan fingerprint density at radius 3 is 2.70 bits per heavy atom. The summed E-state index contributed by atoms with van der Waals surface area (Å²) in [4.78, 5) is 14.4. The number of halogens is 1. The van der Waals surface area contributed by atoms with Crippen LogP contribution in [0.5, 0.6) is 0 Å². The zero-order chi connectivity index (χ0) is 16.2. The van der Waals surface area contributed by atoms with Crippen molar-refractivity contribution < 1.29 is 9.53 Å². The lowest BCUT2D eigenvalue weighted by Gasteiger charge is -2.34. The standard InChI is InChI=1S/C19H20ClNO2/c1-14-4-2-3-5-17(14)18-13-21(10-11-23-18)19(22)12-15-6-8-16(20)9-7-15/h2-9,18H,10-13H2,1H3. The van der Waals surface area contributed by atoms with Gasteiger partial charge in [0.1, 0.15) is 6.10 Å². The summed E-state index contributed by atoms with van der Waals surface area (Å²) >= 11 is 5.89. The number of hydrogen-bond acceptors (Lipinski definition) is 2. The number of amides is 1. The van der Waals surface area contributed by atoms with E-state index in [1.54, 1.807) is 0 Å². The Hall–Kier alpha value is -1.84. The van der Waals surface area contributed by atoms with Crippen LogP contribution in [0.3, 0.4) is 0 Å². The Labute approximate surface area is 141 Å². The molecule has 0 spiro atoms. The van der Waals surface area contributed by atoms with E-state index in [-0.39, 0.29) is 12.0 Å². The van der Waals surface area contributed by atoms with E-state index in [9.17, 15) is 4.79 Å². The van der Waals surface area contributed by atoms with Crippen LogP contribution in [0.25, 0.3) is 0 Å². The average Bonchev–Trinajstić information content (AvgIpc) is 2.57. The predicted octanol–water partition coefficient (Wildman–Crippen LogP) is 3.79. The topological polar surface area (TPSA) is 29.5 Å². The molecule has 0 aromatic heterocycles. The Bertz CT molecular complexity index is 684. The maximum Gasteiger partial charge on any atom is 0.227 e. The van der Waals surface area contributed by atoms with Crippen molar-refractivity contribution in [2.24, 2.45) is 0 Å². The molecule has 0 aliphatic carbocycles. The van der Waals surface area contributed by atoms with Gasteiger partial charge in [0.05, 0.1) is 19.6 Å². The highest BCUT2D eigenvalue weighted by Crippen LogP contribution is 2.25. The van der Waals surface area contributed by atoms with Crippen LogP contribution in [0.1, 0.15) is 22.8 Å². The van der Waals surface area contributed by atoms with Crippen LogP contribution in [0.2, 0.25) is 5.02 Å². The molecule has 1 amide bonds. The van der Waals surface area contributed by atoms with Crippen molar-refractivity contribution in [2.45, 2.75) is 19.4 Å². The molecular formula is C19H20ClNO2. The van der Waals surface area contributed by atoms with E-state index in [1.165, 1.54) is 5.56 Å². The molecule has 0 N–H and O–H groups in total. The van der Waals surface area contributed by atoms with E-state index in [0.29, 0.717) is 31.1 Å². The zero-order valence-electron chi connectivity index (χ0n) is 13.2. The largest absolute Gasteiger partial charge is 0.370 e. The molecule has 1 saturated heterocycles. The number of hydrogen-bond donors (Lipinski definition) is 0. The molecule has 2 aromatic rings. The fourth-order valence-electron chi connectivity index (χ4n) is 2.90. The molecule has 1 aliphatic rings. The van der Waals surface area contributed by atoms with Gasteiger partial charge in [0.2, 0.25) is 5.91 Å². The lowest BCUT2D eigenvalue weighted by atomic mass is 10.0. The number of morpholine rings is 1. The first-order chi connectivity index (χ1) is 11.1. The molecule has 0 saturated carbocycles. The summed E-state index contributed by atoms with van der Waals surface area (Å²) in [5.41, 5.74) is 3.35. The number of carbonyl (C=O) groups is 1. The van der Waals surface area contributed by atoms with E-state index in [2.05, 4.69) is 19.1 Å². The number of rotatable bonds is 3. The van der Waals surface area contributed by atoms with Gasteiger partial charge in [-0.3, -0.25) is 4.79 Å². The van der Waals surface area contributed by atoms with E-state index in [4.69, 9.17) is 16.3 Å². The molecule has 3 nitrogen and oxygen atoms in total. The third-order valence-corrected chi connectivity index (χ3v) is 4.48. The van der Waals surface area contributed by atoms with Gasteiger partial charge in [0.25, 0.3) is 0 Å². The van der Waals surface area contributed by atoms with Crippen LogP contribution in [-0.4, -0.2) is 30.5 Å². The van der Waals surface area contributed by atoms with Crippen LogP contribution in [0, 0.1) is 6.92 Å². The fourth-order valence-corrected chi connectivity index (χ4v) is 3.03. The maximum absolute atomic E-state index is 12.6. The summed E-state index contributed by atoms with van der Waals surface area (Å²) < 4.78 is 5.88. The molecule has 1 aliphatic heterocycles. The van der Waals surface area contributed by atoms with Crippen molar-refractivity contribution in [2.75, 3.05) is 19.7 Å². The fraction of sp³-hybridized carbons (Fsp3) is 0.316. The first-order valence-electron chi connectivity index (χ1n) is 7.83. The van der Waals surface area contributed by atoms with Crippen LogP contribution in [0.4, 0.5) is 0 Å².